The Balaban J connectivity index is 1.34. The number of aromatic nitrogens is 1. The fourth-order valence-electron chi connectivity index (χ4n) is 4.80. The number of nitrogens with one attached hydrogen (secondary N) is 1. The van der Waals surface area contributed by atoms with Crippen molar-refractivity contribution in [2.75, 3.05) is 45.7 Å². The molecule has 2 unspecified atom stereocenters. The molecule has 2 fully saturated rings. The highest BCUT2D eigenvalue weighted by Gasteiger charge is 2.36. The van der Waals surface area contributed by atoms with E-state index in [1.54, 1.807) is 11.3 Å². The van der Waals surface area contributed by atoms with Crippen molar-refractivity contribution in [3.63, 3.8) is 0 Å². The number of piperidine rings is 2. The molecule has 6 nitrogen and oxygen atoms in total. The molecule has 0 radical (unpaired) electrons. The predicted molar refractivity (Wildman–Crippen MR) is 126 cm³/mol. The fraction of sp³-hybridized carbons (Fsp3) is 0.565. The maximum Gasteiger partial charge on any atom is 0.193 e. The normalized spacial score (nSPS) is 22.6. The lowest BCUT2D eigenvalue weighted by molar-refractivity contribution is 0.0372. The summed E-state index contributed by atoms with van der Waals surface area (Å²) in [5, 5.41) is 6.72. The maximum atomic E-state index is 4.68. The number of hydrogen-bond donors (Lipinski definition) is 1. The number of nitrogens with zero attached hydrogens (tertiary/aromatic N) is 5. The minimum atomic E-state index is 0.689. The molecule has 2 aliphatic heterocycles. The zero-order chi connectivity index (χ0) is 20.9. The van der Waals surface area contributed by atoms with E-state index in [0.29, 0.717) is 6.04 Å². The van der Waals surface area contributed by atoms with E-state index in [1.807, 2.05) is 21.1 Å². The van der Waals surface area contributed by atoms with Crippen LogP contribution in [0, 0.1) is 5.92 Å². The lowest BCUT2D eigenvalue weighted by atomic mass is 9.83. The number of anilines is 1. The van der Waals surface area contributed by atoms with E-state index in [-0.39, 0.29) is 0 Å². The molecule has 1 aromatic heterocycles. The van der Waals surface area contributed by atoms with E-state index >= 15 is 0 Å². The van der Waals surface area contributed by atoms with Crippen LogP contribution in [0.4, 0.5) is 5.13 Å². The van der Waals surface area contributed by atoms with Gasteiger partial charge in [-0.25, -0.2) is 4.98 Å². The van der Waals surface area contributed by atoms with Crippen molar-refractivity contribution < 1.29 is 0 Å². The summed E-state index contributed by atoms with van der Waals surface area (Å²) in [7, 11) is 5.96. The number of hydrogen-bond acceptors (Lipinski definition) is 5. The van der Waals surface area contributed by atoms with Crippen LogP contribution in [0.1, 0.15) is 30.5 Å². The van der Waals surface area contributed by atoms with Gasteiger partial charge in [-0.05, 0) is 37.3 Å². The number of rotatable bonds is 5. The van der Waals surface area contributed by atoms with Crippen LogP contribution in [0.3, 0.4) is 0 Å². The highest BCUT2D eigenvalue weighted by atomic mass is 32.1. The summed E-state index contributed by atoms with van der Waals surface area (Å²) in [5.74, 6) is 1.72. The van der Waals surface area contributed by atoms with Crippen LogP contribution in [-0.2, 0) is 13.1 Å². The van der Waals surface area contributed by atoms with Gasteiger partial charge < -0.3 is 15.1 Å². The molecule has 2 atom stereocenters. The van der Waals surface area contributed by atoms with Crippen molar-refractivity contribution in [1.29, 1.82) is 0 Å². The quantitative estimate of drug-likeness (QED) is 0.587. The molecule has 7 heteroatoms. The fourth-order valence-corrected chi connectivity index (χ4v) is 5.56. The minimum Gasteiger partial charge on any atom is -0.354 e. The summed E-state index contributed by atoms with van der Waals surface area (Å²) in [4.78, 5) is 16.5. The number of likely N-dealkylation sites (tertiary alicyclic amines) is 2. The molecule has 0 bridgehead atoms. The Labute approximate surface area is 184 Å². The van der Waals surface area contributed by atoms with Gasteiger partial charge in [-0.3, -0.25) is 9.89 Å². The van der Waals surface area contributed by atoms with Gasteiger partial charge in [0.1, 0.15) is 0 Å². The molecule has 4 rings (SSSR count). The molecule has 0 aliphatic carbocycles. The topological polar surface area (TPSA) is 47.0 Å². The Bertz CT molecular complexity index is 833. The zero-order valence-electron chi connectivity index (χ0n) is 18.4. The SMILES string of the molecule is CN=C(NCc1csc(N(C)C)n1)N1CCC2C(CCCN2Cc2ccccc2)C1. The van der Waals surface area contributed by atoms with Crippen LogP contribution in [0.15, 0.2) is 40.7 Å². The third-order valence-corrected chi connectivity index (χ3v) is 7.33. The van der Waals surface area contributed by atoms with Gasteiger partial charge in [0.2, 0.25) is 0 Å². The molecule has 2 aromatic rings. The van der Waals surface area contributed by atoms with Crippen LogP contribution in [0.5, 0.6) is 0 Å². The molecule has 2 aliphatic rings. The summed E-state index contributed by atoms with van der Waals surface area (Å²) >= 11 is 1.68. The van der Waals surface area contributed by atoms with Gasteiger partial charge >= 0.3 is 0 Å². The third-order valence-electron chi connectivity index (χ3n) is 6.27. The smallest absolute Gasteiger partial charge is 0.193 e. The summed E-state index contributed by atoms with van der Waals surface area (Å²) in [5.41, 5.74) is 2.50. The van der Waals surface area contributed by atoms with Crippen molar-refractivity contribution in [2.24, 2.45) is 10.9 Å². The first kappa shape index (κ1) is 21.1. The Morgan fingerprint density at radius 3 is 2.80 bits per heavy atom. The Hall–Kier alpha value is -2.12. The average molecular weight is 427 g/mol. The van der Waals surface area contributed by atoms with E-state index in [0.717, 1.165) is 48.9 Å². The van der Waals surface area contributed by atoms with E-state index in [2.05, 4.69) is 65.7 Å². The third kappa shape index (κ3) is 4.95. The van der Waals surface area contributed by atoms with Crippen LogP contribution < -0.4 is 10.2 Å². The lowest BCUT2D eigenvalue weighted by Crippen LogP contribution is -2.56. The lowest BCUT2D eigenvalue weighted by Gasteiger charge is -2.48. The number of aliphatic imine (C=N–C) groups is 1. The van der Waals surface area contributed by atoms with Crippen LogP contribution in [-0.4, -0.2) is 67.6 Å². The molecular weight excluding hydrogens is 392 g/mol. The van der Waals surface area contributed by atoms with Crippen molar-refractivity contribution in [2.45, 2.75) is 38.4 Å². The van der Waals surface area contributed by atoms with E-state index in [9.17, 15) is 0 Å². The molecule has 1 aromatic carbocycles. The number of thiazole rings is 1. The van der Waals surface area contributed by atoms with Crippen molar-refractivity contribution >= 4 is 22.4 Å². The second-order valence-corrected chi connectivity index (χ2v) is 9.41. The summed E-state index contributed by atoms with van der Waals surface area (Å²) < 4.78 is 0. The Kier molecular flexibility index (Phi) is 6.89. The molecule has 0 spiro atoms. The summed E-state index contributed by atoms with van der Waals surface area (Å²) in [6, 6.07) is 11.6. The highest BCUT2D eigenvalue weighted by Crippen LogP contribution is 2.31. The van der Waals surface area contributed by atoms with Gasteiger partial charge in [-0.15, -0.1) is 11.3 Å². The van der Waals surface area contributed by atoms with Gasteiger partial charge in [-0.1, -0.05) is 30.3 Å². The van der Waals surface area contributed by atoms with Gasteiger partial charge in [0.05, 0.1) is 12.2 Å². The summed E-state index contributed by atoms with van der Waals surface area (Å²) in [6.07, 6.45) is 3.82. The van der Waals surface area contributed by atoms with E-state index < -0.39 is 0 Å². The second kappa shape index (κ2) is 9.79. The van der Waals surface area contributed by atoms with Crippen molar-refractivity contribution in [3.05, 3.63) is 47.0 Å². The van der Waals surface area contributed by atoms with Gasteiger partial charge in [0, 0.05) is 52.2 Å². The second-order valence-electron chi connectivity index (χ2n) is 8.58. The van der Waals surface area contributed by atoms with Crippen molar-refractivity contribution in [1.82, 2.24) is 20.1 Å². The highest BCUT2D eigenvalue weighted by molar-refractivity contribution is 7.13. The first-order valence-electron chi connectivity index (χ1n) is 11.0. The zero-order valence-corrected chi connectivity index (χ0v) is 19.2. The van der Waals surface area contributed by atoms with Gasteiger partial charge in [0.25, 0.3) is 0 Å². The number of benzene rings is 1. The predicted octanol–water partition coefficient (Wildman–Crippen LogP) is 3.27. The first-order valence-corrected chi connectivity index (χ1v) is 11.9. The van der Waals surface area contributed by atoms with Crippen LogP contribution in [0.25, 0.3) is 0 Å². The summed E-state index contributed by atoms with van der Waals surface area (Å²) in [6.45, 7) is 5.18. The molecule has 30 heavy (non-hydrogen) atoms. The monoisotopic (exact) mass is 426 g/mol. The maximum absolute atomic E-state index is 4.68. The molecule has 1 N–H and O–H groups in total. The molecule has 162 valence electrons. The van der Waals surface area contributed by atoms with Gasteiger partial charge in [-0.2, -0.15) is 0 Å². The molecule has 0 amide bonds. The molecule has 3 heterocycles. The van der Waals surface area contributed by atoms with Crippen LogP contribution >= 0.6 is 11.3 Å². The standard InChI is InChI=1S/C23H34N6S/c1-24-22(25-14-20-17-30-23(26-20)27(2)3)29-13-11-21-19(16-29)10-7-12-28(21)15-18-8-5-4-6-9-18/h4-6,8-9,17,19,21H,7,10-16H2,1-3H3,(H,24,25). The first-order chi connectivity index (χ1) is 14.6. The average Bonchev–Trinajstić information content (AvgIpc) is 3.24. The molecular formula is C23H34N6S. The van der Waals surface area contributed by atoms with Gasteiger partial charge in [0.15, 0.2) is 11.1 Å². The number of guanidine groups is 1. The van der Waals surface area contributed by atoms with Crippen LogP contribution in [0.2, 0.25) is 0 Å². The van der Waals surface area contributed by atoms with E-state index in [4.69, 9.17) is 0 Å². The van der Waals surface area contributed by atoms with Crippen molar-refractivity contribution in [3.8, 4) is 0 Å². The molecule has 0 saturated carbocycles. The number of fused-ring (bicyclic) bond motifs is 1. The Morgan fingerprint density at radius 2 is 2.07 bits per heavy atom. The van der Waals surface area contributed by atoms with E-state index in [1.165, 1.54) is 31.4 Å². The minimum absolute atomic E-state index is 0.689. The Morgan fingerprint density at radius 1 is 1.23 bits per heavy atom. The molecule has 2 saturated heterocycles. The largest absolute Gasteiger partial charge is 0.354 e.